The van der Waals surface area contributed by atoms with Crippen LogP contribution in [-0.4, -0.2) is 17.1 Å². The Kier molecular flexibility index (Phi) is 3.91. The number of benzene rings is 1. The highest BCUT2D eigenvalue weighted by atomic mass is 35.5. The molecule has 6 heteroatoms. The van der Waals surface area contributed by atoms with Crippen molar-refractivity contribution < 1.29 is 4.74 Å². The Morgan fingerprint density at radius 2 is 1.95 bits per heavy atom. The van der Waals surface area contributed by atoms with Gasteiger partial charge in [-0.15, -0.1) is 0 Å². The van der Waals surface area contributed by atoms with Crippen molar-refractivity contribution in [2.24, 2.45) is 0 Å². The fourth-order valence-corrected chi connectivity index (χ4v) is 2.43. The molecule has 1 heterocycles. The molecule has 1 aliphatic rings. The first-order valence-electron chi connectivity index (χ1n) is 6.72. The molecular formula is C15H15Cl2N3O. The van der Waals surface area contributed by atoms with E-state index in [0.717, 1.165) is 29.9 Å². The highest BCUT2D eigenvalue weighted by molar-refractivity contribution is 6.31. The molecule has 0 unspecified atom stereocenters. The lowest BCUT2D eigenvalue weighted by Gasteiger charge is -2.13. The Labute approximate surface area is 133 Å². The van der Waals surface area contributed by atoms with Crippen molar-refractivity contribution >= 4 is 34.7 Å². The summed E-state index contributed by atoms with van der Waals surface area (Å²) in [4.78, 5) is 8.80. The molecule has 1 N–H and O–H groups in total. The van der Waals surface area contributed by atoms with Gasteiger partial charge in [-0.25, -0.2) is 9.97 Å². The van der Waals surface area contributed by atoms with Gasteiger partial charge in [0.15, 0.2) is 0 Å². The SMILES string of the molecule is COc1cc(Cl)c(C)cc1Nc1cc(Cl)nc(C2CC2)n1. The first kappa shape index (κ1) is 14.4. The van der Waals surface area contributed by atoms with Gasteiger partial charge in [-0.2, -0.15) is 0 Å². The molecule has 0 atom stereocenters. The zero-order chi connectivity index (χ0) is 15.0. The van der Waals surface area contributed by atoms with Gasteiger partial charge >= 0.3 is 0 Å². The van der Waals surface area contributed by atoms with E-state index in [2.05, 4.69) is 15.3 Å². The monoisotopic (exact) mass is 323 g/mol. The minimum absolute atomic E-state index is 0.443. The molecule has 1 fully saturated rings. The Hall–Kier alpha value is -1.52. The Morgan fingerprint density at radius 1 is 1.19 bits per heavy atom. The van der Waals surface area contributed by atoms with Gasteiger partial charge in [-0.1, -0.05) is 23.2 Å². The number of nitrogens with one attached hydrogen (secondary N) is 1. The van der Waals surface area contributed by atoms with Gasteiger partial charge in [-0.3, -0.25) is 0 Å². The van der Waals surface area contributed by atoms with Crippen molar-refractivity contribution in [1.29, 1.82) is 0 Å². The molecule has 0 saturated heterocycles. The number of aromatic nitrogens is 2. The number of hydrogen-bond acceptors (Lipinski definition) is 4. The second-order valence-corrected chi connectivity index (χ2v) is 5.93. The largest absolute Gasteiger partial charge is 0.495 e. The van der Waals surface area contributed by atoms with Gasteiger partial charge in [0.05, 0.1) is 12.8 Å². The van der Waals surface area contributed by atoms with E-state index in [9.17, 15) is 0 Å². The van der Waals surface area contributed by atoms with E-state index in [4.69, 9.17) is 27.9 Å². The van der Waals surface area contributed by atoms with Crippen molar-refractivity contribution in [2.75, 3.05) is 12.4 Å². The maximum absolute atomic E-state index is 6.11. The third kappa shape index (κ3) is 3.22. The fourth-order valence-electron chi connectivity index (χ4n) is 2.09. The molecule has 0 amide bonds. The number of anilines is 2. The average molecular weight is 324 g/mol. The van der Waals surface area contributed by atoms with Crippen molar-refractivity contribution in [3.63, 3.8) is 0 Å². The molecule has 0 aliphatic heterocycles. The van der Waals surface area contributed by atoms with Gasteiger partial charge in [0.1, 0.15) is 22.5 Å². The summed E-state index contributed by atoms with van der Waals surface area (Å²) >= 11 is 12.2. The summed E-state index contributed by atoms with van der Waals surface area (Å²) < 4.78 is 5.35. The topological polar surface area (TPSA) is 47.0 Å². The molecule has 110 valence electrons. The van der Waals surface area contributed by atoms with Crippen molar-refractivity contribution in [1.82, 2.24) is 9.97 Å². The lowest BCUT2D eigenvalue weighted by atomic mass is 10.2. The number of nitrogens with zero attached hydrogens (tertiary/aromatic N) is 2. The van der Waals surface area contributed by atoms with Crippen LogP contribution in [0, 0.1) is 6.92 Å². The van der Waals surface area contributed by atoms with Crippen LogP contribution in [0.4, 0.5) is 11.5 Å². The van der Waals surface area contributed by atoms with Gasteiger partial charge in [0.25, 0.3) is 0 Å². The second-order valence-electron chi connectivity index (χ2n) is 5.14. The maximum atomic E-state index is 6.11. The van der Waals surface area contributed by atoms with E-state index >= 15 is 0 Å². The predicted octanol–water partition coefficient (Wildman–Crippen LogP) is 4.72. The average Bonchev–Trinajstić information content (AvgIpc) is 3.26. The van der Waals surface area contributed by atoms with Crippen LogP contribution < -0.4 is 10.1 Å². The number of aryl methyl sites for hydroxylation is 1. The number of halogens is 2. The molecule has 3 rings (SSSR count). The quantitative estimate of drug-likeness (QED) is 0.827. The van der Waals surface area contributed by atoms with E-state index in [0.29, 0.717) is 27.7 Å². The van der Waals surface area contributed by atoms with Crippen LogP contribution in [0.1, 0.15) is 30.1 Å². The molecule has 1 saturated carbocycles. The molecule has 0 radical (unpaired) electrons. The smallest absolute Gasteiger partial charge is 0.143 e. The summed E-state index contributed by atoms with van der Waals surface area (Å²) in [5.74, 6) is 2.57. The van der Waals surface area contributed by atoms with E-state index in [-0.39, 0.29) is 0 Å². The number of hydrogen-bond donors (Lipinski definition) is 1. The van der Waals surface area contributed by atoms with Crippen LogP contribution in [0.2, 0.25) is 10.2 Å². The lowest BCUT2D eigenvalue weighted by molar-refractivity contribution is 0.416. The summed E-state index contributed by atoms with van der Waals surface area (Å²) in [5.41, 5.74) is 1.76. The number of ether oxygens (including phenoxy) is 1. The summed E-state index contributed by atoms with van der Waals surface area (Å²) in [6.45, 7) is 1.94. The van der Waals surface area contributed by atoms with Crippen molar-refractivity contribution in [3.05, 3.63) is 39.8 Å². The Morgan fingerprint density at radius 3 is 2.62 bits per heavy atom. The second kappa shape index (κ2) is 5.70. The summed E-state index contributed by atoms with van der Waals surface area (Å²) in [5, 5.41) is 4.34. The van der Waals surface area contributed by atoms with Crippen LogP contribution in [0.25, 0.3) is 0 Å². The number of rotatable bonds is 4. The molecule has 0 bridgehead atoms. The molecule has 1 aromatic heterocycles. The highest BCUT2D eigenvalue weighted by Gasteiger charge is 2.27. The van der Waals surface area contributed by atoms with Gasteiger partial charge in [0, 0.05) is 23.1 Å². The van der Waals surface area contributed by atoms with Crippen LogP contribution in [0.3, 0.4) is 0 Å². The van der Waals surface area contributed by atoms with Gasteiger partial charge in [-0.05, 0) is 31.4 Å². The molecule has 1 aliphatic carbocycles. The minimum Gasteiger partial charge on any atom is -0.495 e. The molecule has 4 nitrogen and oxygen atoms in total. The van der Waals surface area contributed by atoms with Gasteiger partial charge in [0.2, 0.25) is 0 Å². The van der Waals surface area contributed by atoms with Gasteiger partial charge < -0.3 is 10.1 Å². The zero-order valence-corrected chi connectivity index (χ0v) is 13.3. The fraction of sp³-hybridized carbons (Fsp3) is 0.333. The molecular weight excluding hydrogens is 309 g/mol. The van der Waals surface area contributed by atoms with Crippen LogP contribution in [0.15, 0.2) is 18.2 Å². The van der Waals surface area contributed by atoms with Crippen LogP contribution >= 0.6 is 23.2 Å². The number of methoxy groups -OCH3 is 1. The zero-order valence-electron chi connectivity index (χ0n) is 11.8. The van der Waals surface area contributed by atoms with Crippen LogP contribution in [0.5, 0.6) is 5.75 Å². The Bertz CT molecular complexity index is 687. The van der Waals surface area contributed by atoms with E-state index in [1.54, 1.807) is 19.2 Å². The standard InChI is InChI=1S/C15H15Cl2N3O/c1-8-5-11(12(21-2)6-10(8)16)18-14-7-13(17)19-15(20-14)9-3-4-9/h5-7,9H,3-4H2,1-2H3,(H,18,19,20). The normalized spacial score (nSPS) is 14.1. The lowest BCUT2D eigenvalue weighted by Crippen LogP contribution is -2.01. The van der Waals surface area contributed by atoms with E-state index < -0.39 is 0 Å². The molecule has 1 aromatic carbocycles. The van der Waals surface area contributed by atoms with E-state index in [1.807, 2.05) is 13.0 Å². The highest BCUT2D eigenvalue weighted by Crippen LogP contribution is 2.39. The first-order valence-corrected chi connectivity index (χ1v) is 7.48. The molecule has 2 aromatic rings. The Balaban J connectivity index is 1.94. The minimum atomic E-state index is 0.443. The summed E-state index contributed by atoms with van der Waals surface area (Å²) in [6.07, 6.45) is 2.26. The van der Waals surface area contributed by atoms with Crippen molar-refractivity contribution in [2.45, 2.75) is 25.7 Å². The first-order chi connectivity index (χ1) is 10.1. The summed E-state index contributed by atoms with van der Waals surface area (Å²) in [7, 11) is 1.61. The molecule has 0 spiro atoms. The maximum Gasteiger partial charge on any atom is 0.143 e. The predicted molar refractivity (Wildman–Crippen MR) is 85.0 cm³/mol. The van der Waals surface area contributed by atoms with Crippen LogP contribution in [-0.2, 0) is 0 Å². The summed E-state index contributed by atoms with van der Waals surface area (Å²) in [6, 6.07) is 5.41. The van der Waals surface area contributed by atoms with Crippen molar-refractivity contribution in [3.8, 4) is 5.75 Å². The third-order valence-corrected chi connectivity index (χ3v) is 4.00. The third-order valence-electron chi connectivity index (χ3n) is 3.40. The molecule has 21 heavy (non-hydrogen) atoms. The van der Waals surface area contributed by atoms with E-state index in [1.165, 1.54) is 0 Å².